The van der Waals surface area contributed by atoms with Gasteiger partial charge in [0.2, 0.25) is 0 Å². The van der Waals surface area contributed by atoms with E-state index in [1.165, 1.54) is 17.4 Å². The predicted molar refractivity (Wildman–Crippen MR) is 108 cm³/mol. The summed E-state index contributed by atoms with van der Waals surface area (Å²) in [4.78, 5) is 16.9. The van der Waals surface area contributed by atoms with Crippen LogP contribution in [0.4, 0.5) is 5.69 Å². The highest BCUT2D eigenvalue weighted by atomic mass is 32.1. The van der Waals surface area contributed by atoms with Crippen molar-refractivity contribution < 1.29 is 9.53 Å². The lowest BCUT2D eigenvalue weighted by Crippen LogP contribution is -2.13. The summed E-state index contributed by atoms with van der Waals surface area (Å²) in [6.07, 6.45) is 1.49. The Morgan fingerprint density at radius 2 is 2.04 bits per heavy atom. The number of nitrogens with zero attached hydrogens (tertiary/aromatic N) is 2. The number of ether oxygens (including phenoxy) is 1. The van der Waals surface area contributed by atoms with Crippen LogP contribution in [0, 0.1) is 18.3 Å². The molecule has 0 bridgehead atoms. The molecule has 0 aliphatic rings. The van der Waals surface area contributed by atoms with Crippen molar-refractivity contribution in [2.45, 2.75) is 6.92 Å². The minimum absolute atomic E-state index is 0.00179. The third-order valence-corrected chi connectivity index (χ3v) is 4.71. The van der Waals surface area contributed by atoms with Gasteiger partial charge in [0.25, 0.3) is 5.91 Å². The van der Waals surface area contributed by atoms with E-state index in [-0.39, 0.29) is 5.57 Å². The number of hydrogen-bond acceptors (Lipinski definition) is 5. The van der Waals surface area contributed by atoms with Gasteiger partial charge in [0.15, 0.2) is 0 Å². The van der Waals surface area contributed by atoms with E-state index >= 15 is 0 Å². The van der Waals surface area contributed by atoms with Crippen molar-refractivity contribution in [3.63, 3.8) is 0 Å². The second-order valence-corrected chi connectivity index (χ2v) is 6.66. The molecule has 134 valence electrons. The Morgan fingerprint density at radius 3 is 2.74 bits per heavy atom. The summed E-state index contributed by atoms with van der Waals surface area (Å²) in [7, 11) is 1.61. The lowest BCUT2D eigenvalue weighted by Gasteiger charge is -2.04. The molecule has 0 saturated heterocycles. The minimum atomic E-state index is -0.461. The molecule has 0 saturated carbocycles. The van der Waals surface area contributed by atoms with E-state index < -0.39 is 5.91 Å². The van der Waals surface area contributed by atoms with Crippen LogP contribution in [0.15, 0.2) is 59.5 Å². The molecule has 1 N–H and O–H groups in total. The normalized spacial score (nSPS) is 10.9. The quantitative estimate of drug-likeness (QED) is 0.519. The van der Waals surface area contributed by atoms with Gasteiger partial charge in [-0.05, 0) is 37.3 Å². The number of amides is 1. The number of aromatic nitrogens is 1. The van der Waals surface area contributed by atoms with E-state index in [1.807, 2.05) is 54.8 Å². The summed E-state index contributed by atoms with van der Waals surface area (Å²) in [5.74, 6) is 0.285. The molecule has 5 nitrogen and oxygen atoms in total. The van der Waals surface area contributed by atoms with Crippen LogP contribution < -0.4 is 10.1 Å². The van der Waals surface area contributed by atoms with Crippen molar-refractivity contribution in [1.29, 1.82) is 5.26 Å². The summed E-state index contributed by atoms with van der Waals surface area (Å²) in [6.45, 7) is 1.97. The second-order valence-electron chi connectivity index (χ2n) is 5.80. The van der Waals surface area contributed by atoms with Crippen LogP contribution in [-0.2, 0) is 4.79 Å². The molecule has 1 heterocycles. The lowest BCUT2D eigenvalue weighted by atomic mass is 10.2. The highest BCUT2D eigenvalue weighted by Gasteiger charge is 2.11. The number of methoxy groups -OCH3 is 1. The molecule has 0 fully saturated rings. The van der Waals surface area contributed by atoms with E-state index in [0.29, 0.717) is 11.4 Å². The summed E-state index contributed by atoms with van der Waals surface area (Å²) >= 11 is 1.44. The first kappa shape index (κ1) is 18.4. The molecule has 0 aliphatic heterocycles. The van der Waals surface area contributed by atoms with Gasteiger partial charge >= 0.3 is 0 Å². The maximum atomic E-state index is 12.4. The number of anilines is 1. The molecule has 0 unspecified atom stereocenters. The number of nitriles is 1. The first-order valence-corrected chi connectivity index (χ1v) is 9.07. The Morgan fingerprint density at radius 1 is 1.26 bits per heavy atom. The smallest absolute Gasteiger partial charge is 0.266 e. The molecule has 1 aromatic heterocycles. The fourth-order valence-corrected chi connectivity index (χ4v) is 3.15. The van der Waals surface area contributed by atoms with Crippen molar-refractivity contribution in [2.75, 3.05) is 12.4 Å². The van der Waals surface area contributed by atoms with Gasteiger partial charge in [-0.3, -0.25) is 4.79 Å². The number of nitrogens with one attached hydrogen (secondary N) is 1. The van der Waals surface area contributed by atoms with Crippen molar-refractivity contribution in [1.82, 2.24) is 4.98 Å². The molecule has 0 atom stereocenters. The van der Waals surface area contributed by atoms with Crippen molar-refractivity contribution in [2.24, 2.45) is 0 Å². The van der Waals surface area contributed by atoms with Crippen molar-refractivity contribution >= 4 is 29.0 Å². The maximum Gasteiger partial charge on any atom is 0.266 e. The average Bonchev–Trinajstić information content (AvgIpc) is 3.16. The third kappa shape index (κ3) is 4.60. The number of thiazole rings is 1. The molecule has 0 radical (unpaired) electrons. The molecule has 6 heteroatoms. The SMILES string of the molecule is COc1cccc(-c2nc(C=C(C#N)C(=O)Nc3ccc(C)cc3)cs2)c1. The Hall–Kier alpha value is -3.43. The summed E-state index contributed by atoms with van der Waals surface area (Å²) in [6, 6.07) is 16.9. The average molecular weight is 375 g/mol. The van der Waals surface area contributed by atoms with Gasteiger partial charge in [-0.15, -0.1) is 11.3 Å². The van der Waals surface area contributed by atoms with Gasteiger partial charge in [-0.1, -0.05) is 29.8 Å². The lowest BCUT2D eigenvalue weighted by molar-refractivity contribution is -0.112. The fourth-order valence-electron chi connectivity index (χ4n) is 2.37. The third-order valence-electron chi connectivity index (χ3n) is 3.81. The van der Waals surface area contributed by atoms with Crippen LogP contribution >= 0.6 is 11.3 Å². The largest absolute Gasteiger partial charge is 0.497 e. The fraction of sp³-hybridized carbons (Fsp3) is 0.0952. The molecule has 0 aliphatic carbocycles. The van der Waals surface area contributed by atoms with Gasteiger partial charge in [-0.25, -0.2) is 4.98 Å². The maximum absolute atomic E-state index is 12.4. The molecule has 0 spiro atoms. The van der Waals surface area contributed by atoms with E-state index in [4.69, 9.17) is 4.74 Å². The van der Waals surface area contributed by atoms with Crippen LogP contribution in [0.5, 0.6) is 5.75 Å². The van der Waals surface area contributed by atoms with Crippen LogP contribution in [0.3, 0.4) is 0 Å². The van der Waals surface area contributed by atoms with Gasteiger partial charge < -0.3 is 10.1 Å². The topological polar surface area (TPSA) is 75.0 Å². The number of aryl methyl sites for hydroxylation is 1. The van der Waals surface area contributed by atoms with Crippen molar-refractivity contribution in [3.05, 3.63) is 70.7 Å². The van der Waals surface area contributed by atoms with Gasteiger partial charge in [0, 0.05) is 16.6 Å². The number of carbonyl (C=O) groups is 1. The van der Waals surface area contributed by atoms with E-state index in [1.54, 1.807) is 19.2 Å². The second kappa shape index (κ2) is 8.30. The Labute approximate surface area is 161 Å². The van der Waals surface area contributed by atoms with Gasteiger partial charge in [-0.2, -0.15) is 5.26 Å². The first-order chi connectivity index (χ1) is 13.1. The van der Waals surface area contributed by atoms with Gasteiger partial charge in [0.1, 0.15) is 22.4 Å². The van der Waals surface area contributed by atoms with E-state index in [9.17, 15) is 10.1 Å². The Bertz CT molecular complexity index is 1030. The highest BCUT2D eigenvalue weighted by molar-refractivity contribution is 7.13. The monoisotopic (exact) mass is 375 g/mol. The zero-order valence-corrected chi connectivity index (χ0v) is 15.7. The van der Waals surface area contributed by atoms with Crippen LogP contribution in [0.1, 0.15) is 11.3 Å². The van der Waals surface area contributed by atoms with E-state index in [2.05, 4.69) is 10.3 Å². The first-order valence-electron chi connectivity index (χ1n) is 8.19. The highest BCUT2D eigenvalue weighted by Crippen LogP contribution is 2.27. The molecular formula is C21H17N3O2S. The zero-order chi connectivity index (χ0) is 19.2. The van der Waals surface area contributed by atoms with E-state index in [0.717, 1.165) is 21.9 Å². The molecule has 3 aromatic rings. The number of hydrogen-bond donors (Lipinski definition) is 1. The van der Waals surface area contributed by atoms with Crippen LogP contribution in [-0.4, -0.2) is 18.0 Å². The molecule has 27 heavy (non-hydrogen) atoms. The number of carbonyl (C=O) groups excluding carboxylic acids is 1. The van der Waals surface area contributed by atoms with Crippen LogP contribution in [0.2, 0.25) is 0 Å². The number of benzene rings is 2. The Balaban J connectivity index is 1.79. The molecular weight excluding hydrogens is 358 g/mol. The Kier molecular flexibility index (Phi) is 5.64. The van der Waals surface area contributed by atoms with Gasteiger partial charge in [0.05, 0.1) is 12.8 Å². The summed E-state index contributed by atoms with van der Waals surface area (Å²) < 4.78 is 5.23. The molecule has 1 amide bonds. The zero-order valence-electron chi connectivity index (χ0n) is 14.9. The standard InChI is InChI=1S/C21H17N3O2S/c1-14-6-8-17(9-7-14)23-20(25)16(12-22)10-18-13-27-21(24-18)15-4-3-5-19(11-15)26-2/h3-11,13H,1-2H3,(H,23,25). The molecule has 2 aromatic carbocycles. The minimum Gasteiger partial charge on any atom is -0.497 e. The number of rotatable bonds is 5. The van der Waals surface area contributed by atoms with Crippen molar-refractivity contribution in [3.8, 4) is 22.4 Å². The van der Waals surface area contributed by atoms with Crippen LogP contribution in [0.25, 0.3) is 16.6 Å². The summed E-state index contributed by atoms with van der Waals surface area (Å²) in [5, 5.41) is 14.7. The predicted octanol–water partition coefficient (Wildman–Crippen LogP) is 4.67. The molecule has 3 rings (SSSR count). The summed E-state index contributed by atoms with van der Waals surface area (Å²) in [5.41, 5.74) is 3.21.